The summed E-state index contributed by atoms with van der Waals surface area (Å²) in [7, 11) is 1.33. The lowest BCUT2D eigenvalue weighted by Crippen LogP contribution is -2.39. The van der Waals surface area contributed by atoms with E-state index in [0.717, 1.165) is 4.47 Å². The Morgan fingerprint density at radius 2 is 1.94 bits per heavy atom. The van der Waals surface area contributed by atoms with Gasteiger partial charge in [-0.15, -0.1) is 0 Å². The first-order chi connectivity index (χ1) is 8.38. The van der Waals surface area contributed by atoms with Crippen molar-refractivity contribution >= 4 is 27.8 Å². The lowest BCUT2D eigenvalue weighted by atomic mass is 9.93. The zero-order chi connectivity index (χ0) is 13.8. The topological polar surface area (TPSA) is 55.4 Å². The van der Waals surface area contributed by atoms with E-state index in [0.29, 0.717) is 5.56 Å². The van der Waals surface area contributed by atoms with Crippen molar-refractivity contribution in [3.63, 3.8) is 0 Å². The van der Waals surface area contributed by atoms with Crippen molar-refractivity contribution in [3.05, 3.63) is 34.3 Å². The zero-order valence-electron chi connectivity index (χ0n) is 10.6. The smallest absolute Gasteiger partial charge is 0.313 e. The molecule has 0 saturated carbocycles. The summed E-state index contributed by atoms with van der Waals surface area (Å²) >= 11 is 3.31. The van der Waals surface area contributed by atoms with Gasteiger partial charge in [0.05, 0.1) is 18.1 Å². The molecule has 4 nitrogen and oxygen atoms in total. The Kier molecular flexibility index (Phi) is 4.90. The summed E-state index contributed by atoms with van der Waals surface area (Å²) in [5.74, 6) is -0.575. The summed E-state index contributed by atoms with van der Waals surface area (Å²) in [6, 6.07) is 7.12. The van der Waals surface area contributed by atoms with E-state index in [4.69, 9.17) is 0 Å². The Bertz CT molecular complexity index is 457. The molecule has 18 heavy (non-hydrogen) atoms. The van der Waals surface area contributed by atoms with Crippen LogP contribution in [0.1, 0.15) is 24.2 Å². The Balaban J connectivity index is 2.68. The molecule has 0 saturated heterocycles. The van der Waals surface area contributed by atoms with Crippen LogP contribution in [0, 0.1) is 5.41 Å². The summed E-state index contributed by atoms with van der Waals surface area (Å²) in [5, 5.41) is 2.73. The predicted molar refractivity (Wildman–Crippen MR) is 72.3 cm³/mol. The Labute approximate surface area is 115 Å². The summed E-state index contributed by atoms with van der Waals surface area (Å²) in [5.41, 5.74) is -0.204. The van der Waals surface area contributed by atoms with Crippen molar-refractivity contribution in [2.24, 2.45) is 5.41 Å². The van der Waals surface area contributed by atoms with Crippen LogP contribution < -0.4 is 5.32 Å². The van der Waals surface area contributed by atoms with Crippen molar-refractivity contribution in [2.75, 3.05) is 13.7 Å². The maximum absolute atomic E-state index is 11.9. The Morgan fingerprint density at radius 3 is 2.50 bits per heavy atom. The van der Waals surface area contributed by atoms with Crippen LogP contribution in [-0.4, -0.2) is 25.5 Å². The molecule has 0 bridgehead atoms. The van der Waals surface area contributed by atoms with Crippen molar-refractivity contribution in [3.8, 4) is 0 Å². The van der Waals surface area contributed by atoms with Crippen LogP contribution in [-0.2, 0) is 9.53 Å². The van der Waals surface area contributed by atoms with Gasteiger partial charge in [-0.1, -0.05) is 12.1 Å². The molecule has 0 heterocycles. The third kappa shape index (κ3) is 3.57. The zero-order valence-corrected chi connectivity index (χ0v) is 12.2. The van der Waals surface area contributed by atoms with Crippen molar-refractivity contribution in [2.45, 2.75) is 13.8 Å². The number of carbonyl (C=O) groups is 2. The maximum atomic E-state index is 11.9. The van der Waals surface area contributed by atoms with Crippen LogP contribution in [0.3, 0.4) is 0 Å². The number of carbonyl (C=O) groups excluding carboxylic acids is 2. The molecule has 1 aromatic carbocycles. The largest absolute Gasteiger partial charge is 0.469 e. The molecule has 0 aliphatic carbocycles. The van der Waals surface area contributed by atoms with Gasteiger partial charge in [0.1, 0.15) is 0 Å². The first-order valence-corrected chi connectivity index (χ1v) is 6.29. The monoisotopic (exact) mass is 313 g/mol. The summed E-state index contributed by atoms with van der Waals surface area (Å²) in [4.78, 5) is 23.4. The number of hydrogen-bond acceptors (Lipinski definition) is 3. The molecule has 0 aliphatic rings. The third-order valence-electron chi connectivity index (χ3n) is 2.55. The number of ether oxygens (including phenoxy) is 1. The fraction of sp³-hybridized carbons (Fsp3) is 0.385. The molecule has 0 aliphatic heterocycles. The van der Waals surface area contributed by atoms with E-state index in [2.05, 4.69) is 26.0 Å². The van der Waals surface area contributed by atoms with Crippen molar-refractivity contribution in [1.29, 1.82) is 0 Å². The standard InChI is InChI=1S/C13H16BrNO3/c1-13(2,12(17)18-3)8-15-11(16)9-6-4-5-7-10(9)14/h4-7H,8H2,1-3H3,(H,15,16). The summed E-state index contributed by atoms with van der Waals surface area (Å²) in [6.45, 7) is 3.66. The molecule has 0 aromatic heterocycles. The molecule has 98 valence electrons. The maximum Gasteiger partial charge on any atom is 0.313 e. The number of nitrogens with one attached hydrogen (secondary N) is 1. The molecule has 0 fully saturated rings. The molecule has 0 atom stereocenters. The molecule has 1 aromatic rings. The van der Waals surface area contributed by atoms with E-state index in [-0.39, 0.29) is 18.4 Å². The van der Waals surface area contributed by atoms with E-state index in [1.54, 1.807) is 32.0 Å². The SMILES string of the molecule is COC(=O)C(C)(C)CNC(=O)c1ccccc1Br. The fourth-order valence-electron chi connectivity index (χ4n) is 1.39. The quantitative estimate of drug-likeness (QED) is 0.868. The van der Waals surface area contributed by atoms with Gasteiger partial charge in [-0.05, 0) is 41.9 Å². The number of methoxy groups -OCH3 is 1. The molecular formula is C13H16BrNO3. The van der Waals surface area contributed by atoms with Crippen LogP contribution in [0.4, 0.5) is 0 Å². The summed E-state index contributed by atoms with van der Waals surface area (Å²) in [6.07, 6.45) is 0. The highest BCUT2D eigenvalue weighted by atomic mass is 79.9. The lowest BCUT2D eigenvalue weighted by molar-refractivity contribution is -0.150. The molecule has 1 N–H and O–H groups in total. The van der Waals surface area contributed by atoms with Gasteiger partial charge in [0, 0.05) is 11.0 Å². The van der Waals surface area contributed by atoms with Gasteiger partial charge in [-0.25, -0.2) is 0 Å². The molecule has 0 radical (unpaired) electrons. The van der Waals surface area contributed by atoms with Gasteiger partial charge in [-0.3, -0.25) is 9.59 Å². The van der Waals surface area contributed by atoms with Gasteiger partial charge in [0.15, 0.2) is 0 Å². The Hall–Kier alpha value is -1.36. The highest BCUT2D eigenvalue weighted by Gasteiger charge is 2.29. The number of esters is 1. The van der Waals surface area contributed by atoms with Crippen LogP contribution in [0.5, 0.6) is 0 Å². The molecule has 0 spiro atoms. The van der Waals surface area contributed by atoms with E-state index >= 15 is 0 Å². The minimum absolute atomic E-state index is 0.222. The first-order valence-electron chi connectivity index (χ1n) is 5.49. The van der Waals surface area contributed by atoms with Crippen LogP contribution in [0.25, 0.3) is 0 Å². The molecule has 1 amide bonds. The number of benzene rings is 1. The van der Waals surface area contributed by atoms with E-state index in [1.165, 1.54) is 7.11 Å². The first kappa shape index (κ1) is 14.7. The minimum Gasteiger partial charge on any atom is -0.469 e. The minimum atomic E-state index is -0.744. The number of halogens is 1. The van der Waals surface area contributed by atoms with Crippen LogP contribution in [0.2, 0.25) is 0 Å². The average molecular weight is 314 g/mol. The van der Waals surface area contributed by atoms with Crippen molar-refractivity contribution in [1.82, 2.24) is 5.32 Å². The average Bonchev–Trinajstić information content (AvgIpc) is 2.35. The number of rotatable bonds is 4. The fourth-order valence-corrected chi connectivity index (χ4v) is 1.86. The Morgan fingerprint density at radius 1 is 1.33 bits per heavy atom. The molecule has 1 rings (SSSR count). The predicted octanol–water partition coefficient (Wildman–Crippen LogP) is 2.38. The summed E-state index contributed by atoms with van der Waals surface area (Å²) < 4.78 is 5.40. The molecule has 0 unspecified atom stereocenters. The van der Waals surface area contributed by atoms with Gasteiger partial charge in [0.2, 0.25) is 0 Å². The third-order valence-corrected chi connectivity index (χ3v) is 3.24. The van der Waals surface area contributed by atoms with Gasteiger partial charge >= 0.3 is 5.97 Å². The van der Waals surface area contributed by atoms with Gasteiger partial charge in [0.25, 0.3) is 5.91 Å². The lowest BCUT2D eigenvalue weighted by Gasteiger charge is -2.21. The second kappa shape index (κ2) is 6.00. The van der Waals surface area contributed by atoms with Gasteiger partial charge < -0.3 is 10.1 Å². The van der Waals surface area contributed by atoms with E-state index in [9.17, 15) is 9.59 Å². The van der Waals surface area contributed by atoms with Gasteiger partial charge in [-0.2, -0.15) is 0 Å². The van der Waals surface area contributed by atoms with Crippen molar-refractivity contribution < 1.29 is 14.3 Å². The van der Waals surface area contributed by atoms with Crippen LogP contribution >= 0.6 is 15.9 Å². The normalized spacial score (nSPS) is 10.9. The molecule has 5 heteroatoms. The van der Waals surface area contributed by atoms with Crippen LogP contribution in [0.15, 0.2) is 28.7 Å². The van der Waals surface area contributed by atoms with E-state index in [1.807, 2.05) is 6.07 Å². The van der Waals surface area contributed by atoms with E-state index < -0.39 is 5.41 Å². The number of hydrogen-bond donors (Lipinski definition) is 1. The highest BCUT2D eigenvalue weighted by molar-refractivity contribution is 9.10. The number of amides is 1. The highest BCUT2D eigenvalue weighted by Crippen LogP contribution is 2.18. The molecular weight excluding hydrogens is 298 g/mol. The second-order valence-electron chi connectivity index (χ2n) is 4.54. The second-order valence-corrected chi connectivity index (χ2v) is 5.39.